The van der Waals surface area contributed by atoms with Gasteiger partial charge in [0.05, 0.1) is 31.1 Å². The Morgan fingerprint density at radius 1 is 0.969 bits per heavy atom. The maximum Gasteiger partial charge on any atom is 0.282 e. The Morgan fingerprint density at radius 2 is 1.62 bits per heavy atom. The molecule has 7 nitrogen and oxygen atoms in total. The van der Waals surface area contributed by atoms with Crippen molar-refractivity contribution < 1.29 is 23.8 Å². The van der Waals surface area contributed by atoms with Crippen LogP contribution in [0.2, 0.25) is 0 Å². The van der Waals surface area contributed by atoms with Crippen LogP contribution < -0.4 is 9.64 Å². The van der Waals surface area contributed by atoms with Gasteiger partial charge in [0.2, 0.25) is 0 Å². The van der Waals surface area contributed by atoms with E-state index in [1.54, 1.807) is 38.5 Å². The Labute approximate surface area is 193 Å². The first-order valence-electron chi connectivity index (χ1n) is 10.6. The summed E-state index contributed by atoms with van der Waals surface area (Å²) in [5, 5.41) is 1.90. The molecule has 0 aliphatic carbocycles. The second-order valence-corrected chi connectivity index (χ2v) is 8.77. The molecule has 0 radical (unpaired) electrons. The van der Waals surface area contributed by atoms with E-state index in [-0.39, 0.29) is 11.8 Å². The topological polar surface area (TPSA) is 68.3 Å². The van der Waals surface area contributed by atoms with Crippen molar-refractivity contribution in [1.29, 1.82) is 0 Å². The lowest BCUT2D eigenvalue weighted by atomic mass is 10.1. The smallest absolute Gasteiger partial charge is 0.282 e. The van der Waals surface area contributed by atoms with Crippen LogP contribution in [0.15, 0.2) is 47.5 Å². The van der Waals surface area contributed by atoms with Gasteiger partial charge in [-0.3, -0.25) is 9.59 Å². The van der Waals surface area contributed by atoms with Crippen molar-refractivity contribution in [2.24, 2.45) is 5.92 Å². The number of thiophene rings is 1. The zero-order valence-electron chi connectivity index (χ0n) is 19.0. The van der Waals surface area contributed by atoms with Crippen molar-refractivity contribution in [3.05, 3.63) is 52.4 Å². The largest absolute Gasteiger partial charge is 0.493 e. The van der Waals surface area contributed by atoms with Gasteiger partial charge in [-0.1, -0.05) is 19.9 Å². The van der Waals surface area contributed by atoms with Gasteiger partial charge in [-0.25, -0.2) is 4.90 Å². The maximum atomic E-state index is 13.6. The summed E-state index contributed by atoms with van der Waals surface area (Å²) in [4.78, 5) is 31.0. The summed E-state index contributed by atoms with van der Waals surface area (Å²) in [6.45, 7) is 6.55. The average molecular weight is 459 g/mol. The highest BCUT2D eigenvalue weighted by atomic mass is 32.1. The van der Waals surface area contributed by atoms with Crippen LogP contribution in [0.4, 0.5) is 5.69 Å². The third kappa shape index (κ3) is 5.38. The summed E-state index contributed by atoms with van der Waals surface area (Å²) in [7, 11) is 3.22. The molecule has 172 valence electrons. The second-order valence-electron chi connectivity index (χ2n) is 7.82. The number of methoxy groups -OCH3 is 2. The number of nitrogens with zero attached hydrogens (tertiary/aromatic N) is 2. The van der Waals surface area contributed by atoms with E-state index in [4.69, 9.17) is 14.2 Å². The number of hydrogen-bond donors (Lipinski definition) is 0. The third-order valence-corrected chi connectivity index (χ3v) is 5.84. The molecule has 0 N–H and O–H groups in total. The minimum absolute atomic E-state index is 0.330. The number of imide groups is 1. The monoisotopic (exact) mass is 458 g/mol. The van der Waals surface area contributed by atoms with E-state index < -0.39 is 0 Å². The Morgan fingerprint density at radius 3 is 2.16 bits per heavy atom. The van der Waals surface area contributed by atoms with Gasteiger partial charge in [0.25, 0.3) is 11.8 Å². The van der Waals surface area contributed by atoms with E-state index in [9.17, 15) is 9.59 Å². The van der Waals surface area contributed by atoms with Gasteiger partial charge in [-0.15, -0.1) is 11.3 Å². The summed E-state index contributed by atoms with van der Waals surface area (Å²) in [5.41, 5.74) is 1.31. The van der Waals surface area contributed by atoms with E-state index in [0.717, 1.165) is 4.88 Å². The van der Waals surface area contributed by atoms with Crippen LogP contribution in [0.5, 0.6) is 5.75 Å². The molecule has 1 aromatic carbocycles. The first-order valence-corrected chi connectivity index (χ1v) is 11.5. The Bertz CT molecular complexity index is 930. The molecule has 3 rings (SSSR count). The van der Waals surface area contributed by atoms with Gasteiger partial charge in [-0.05, 0) is 41.6 Å². The molecule has 0 atom stereocenters. The summed E-state index contributed by atoms with van der Waals surface area (Å²) in [6.07, 6.45) is 0. The van der Waals surface area contributed by atoms with Gasteiger partial charge in [0.1, 0.15) is 11.4 Å². The minimum Gasteiger partial charge on any atom is -0.493 e. The van der Waals surface area contributed by atoms with Gasteiger partial charge >= 0.3 is 0 Å². The fourth-order valence-electron chi connectivity index (χ4n) is 3.38. The van der Waals surface area contributed by atoms with Gasteiger partial charge in [0.15, 0.2) is 0 Å². The second kappa shape index (κ2) is 11.3. The molecule has 0 fully saturated rings. The number of carbonyl (C=O) groups excluding carboxylic acids is 2. The zero-order chi connectivity index (χ0) is 23.1. The van der Waals surface area contributed by atoms with Gasteiger partial charge < -0.3 is 19.1 Å². The van der Waals surface area contributed by atoms with Crippen molar-refractivity contribution >= 4 is 34.4 Å². The van der Waals surface area contributed by atoms with Crippen LogP contribution in [0.3, 0.4) is 0 Å². The average Bonchev–Trinajstić information content (AvgIpc) is 3.39. The molecule has 2 aromatic rings. The van der Waals surface area contributed by atoms with Crippen molar-refractivity contribution in [1.82, 2.24) is 4.90 Å². The molecule has 0 spiro atoms. The number of hydrogen-bond acceptors (Lipinski definition) is 7. The Kier molecular flexibility index (Phi) is 8.44. The molecule has 1 aliphatic heterocycles. The van der Waals surface area contributed by atoms with Crippen molar-refractivity contribution in [2.75, 3.05) is 52.0 Å². The van der Waals surface area contributed by atoms with Crippen molar-refractivity contribution in [3.8, 4) is 5.75 Å². The molecule has 0 saturated heterocycles. The normalized spacial score (nSPS) is 14.1. The molecule has 0 unspecified atom stereocenters. The predicted molar refractivity (Wildman–Crippen MR) is 126 cm³/mol. The van der Waals surface area contributed by atoms with Crippen molar-refractivity contribution in [2.45, 2.75) is 13.8 Å². The lowest BCUT2D eigenvalue weighted by Gasteiger charge is -2.25. The Hall–Kier alpha value is -2.68. The molecule has 2 heterocycles. The molecule has 32 heavy (non-hydrogen) atoms. The lowest BCUT2D eigenvalue weighted by molar-refractivity contribution is -0.120. The maximum absolute atomic E-state index is 13.6. The van der Waals surface area contributed by atoms with E-state index in [0.29, 0.717) is 61.5 Å². The first-order chi connectivity index (χ1) is 15.5. The van der Waals surface area contributed by atoms with Crippen LogP contribution in [0.25, 0.3) is 5.57 Å². The highest BCUT2D eigenvalue weighted by molar-refractivity contribution is 7.11. The molecule has 1 aliphatic rings. The highest BCUT2D eigenvalue weighted by Gasteiger charge is 2.42. The van der Waals surface area contributed by atoms with Crippen molar-refractivity contribution in [3.63, 3.8) is 0 Å². The number of rotatable bonds is 12. The Balaban J connectivity index is 1.95. The number of benzene rings is 1. The van der Waals surface area contributed by atoms with E-state index in [1.807, 2.05) is 22.4 Å². The molecule has 8 heteroatoms. The highest BCUT2D eigenvalue weighted by Crippen LogP contribution is 2.36. The predicted octanol–water partition coefficient (Wildman–Crippen LogP) is 3.66. The standard InChI is InChI=1S/C24H30N2O5S/c1-17(2)16-31-19-9-7-18(8-10-19)26-23(27)21(20-6-5-15-32-20)22(24(26)28)25(11-13-29-3)12-14-30-4/h5-10,15,17H,11-14,16H2,1-4H3. The van der Waals surface area contributed by atoms with E-state index in [1.165, 1.54) is 16.2 Å². The summed E-state index contributed by atoms with van der Waals surface area (Å²) >= 11 is 1.44. The lowest BCUT2D eigenvalue weighted by Crippen LogP contribution is -2.37. The molecule has 0 saturated carbocycles. The fourth-order valence-corrected chi connectivity index (χ4v) is 4.14. The summed E-state index contributed by atoms with van der Waals surface area (Å²) < 4.78 is 16.2. The summed E-state index contributed by atoms with van der Waals surface area (Å²) in [6, 6.07) is 10.8. The SMILES string of the molecule is COCCN(CCOC)C1=C(c2cccs2)C(=O)N(c2ccc(OCC(C)C)cc2)C1=O. The fraction of sp³-hybridized carbons (Fsp3) is 0.417. The van der Waals surface area contributed by atoms with Gasteiger partial charge in [0, 0.05) is 32.2 Å². The molecule has 1 aromatic heterocycles. The number of amides is 2. The first kappa shape index (κ1) is 24.0. The number of carbonyl (C=O) groups is 2. The van der Waals surface area contributed by atoms with Crippen LogP contribution in [0.1, 0.15) is 18.7 Å². The number of ether oxygens (including phenoxy) is 3. The van der Waals surface area contributed by atoms with Crippen LogP contribution in [0, 0.1) is 5.92 Å². The van der Waals surface area contributed by atoms with Crippen LogP contribution in [-0.2, 0) is 19.1 Å². The molecular formula is C24H30N2O5S. The molecule has 2 amide bonds. The summed E-state index contributed by atoms with van der Waals surface area (Å²) in [5.74, 6) is 0.432. The third-order valence-electron chi connectivity index (χ3n) is 4.95. The zero-order valence-corrected chi connectivity index (χ0v) is 19.8. The van der Waals surface area contributed by atoms with Gasteiger partial charge in [-0.2, -0.15) is 0 Å². The molecular weight excluding hydrogens is 428 g/mol. The quantitative estimate of drug-likeness (QED) is 0.452. The van der Waals surface area contributed by atoms with Crippen LogP contribution >= 0.6 is 11.3 Å². The van der Waals surface area contributed by atoms with E-state index in [2.05, 4.69) is 13.8 Å². The van der Waals surface area contributed by atoms with E-state index >= 15 is 0 Å². The molecule has 0 bridgehead atoms. The minimum atomic E-state index is -0.346. The van der Waals surface area contributed by atoms with Crippen LogP contribution in [-0.4, -0.2) is 63.8 Å². The number of anilines is 1.